The predicted octanol–water partition coefficient (Wildman–Crippen LogP) is 2.73. The van der Waals surface area contributed by atoms with Crippen molar-refractivity contribution in [3.8, 4) is 6.07 Å². The number of amides is 2. The molecule has 1 saturated heterocycles. The van der Waals surface area contributed by atoms with Crippen molar-refractivity contribution in [1.82, 2.24) is 20.1 Å². The fraction of sp³-hybridized carbons (Fsp3) is 0.360. The number of hydrogen-bond donors (Lipinski definition) is 1. The molecule has 1 atom stereocenters. The van der Waals surface area contributed by atoms with E-state index in [0.29, 0.717) is 11.1 Å². The van der Waals surface area contributed by atoms with E-state index in [2.05, 4.69) is 34.4 Å². The molecule has 2 aliphatic rings. The number of rotatable bonds is 5. The van der Waals surface area contributed by atoms with Crippen LogP contribution in [0.2, 0.25) is 0 Å². The van der Waals surface area contributed by atoms with E-state index in [-0.39, 0.29) is 0 Å². The predicted molar refractivity (Wildman–Crippen MR) is 123 cm³/mol. The van der Waals surface area contributed by atoms with Crippen LogP contribution in [-0.2, 0) is 17.8 Å². The highest BCUT2D eigenvalue weighted by molar-refractivity contribution is 6.00. The van der Waals surface area contributed by atoms with E-state index in [1.807, 2.05) is 12.1 Å². The molecule has 2 aliphatic heterocycles. The molecule has 9 heteroatoms. The Balaban J connectivity index is 1.43. The van der Waals surface area contributed by atoms with Crippen LogP contribution >= 0.6 is 0 Å². The van der Waals surface area contributed by atoms with Crippen molar-refractivity contribution in [2.24, 2.45) is 0 Å². The van der Waals surface area contributed by atoms with Crippen molar-refractivity contribution in [2.75, 3.05) is 26.7 Å². The third-order valence-corrected chi connectivity index (χ3v) is 6.12. The van der Waals surface area contributed by atoms with Gasteiger partial charge in [0.15, 0.2) is 0 Å². The SMILES string of the molecule is CN1CCc2cc(C=Cc3cnccc3C(=O)NCC(=O)N3CC(F)(F)CC3C#N)ccc2C1. The van der Waals surface area contributed by atoms with Crippen molar-refractivity contribution in [2.45, 2.75) is 31.4 Å². The number of carbonyl (C=O) groups is 2. The van der Waals surface area contributed by atoms with Crippen molar-refractivity contribution >= 4 is 24.0 Å². The molecule has 3 heterocycles. The highest BCUT2D eigenvalue weighted by Crippen LogP contribution is 2.31. The zero-order chi connectivity index (χ0) is 24.3. The number of benzene rings is 1. The third-order valence-electron chi connectivity index (χ3n) is 6.12. The van der Waals surface area contributed by atoms with E-state index < -0.39 is 43.3 Å². The number of pyridine rings is 1. The summed E-state index contributed by atoms with van der Waals surface area (Å²) in [4.78, 5) is 32.3. The first-order chi connectivity index (χ1) is 16.3. The monoisotopic (exact) mass is 465 g/mol. The molecule has 1 N–H and O–H groups in total. The molecule has 1 aromatic heterocycles. The molecule has 2 amide bonds. The Morgan fingerprint density at radius 1 is 1.29 bits per heavy atom. The number of likely N-dealkylation sites (tertiary alicyclic amines) is 1. The molecule has 2 aromatic rings. The summed E-state index contributed by atoms with van der Waals surface area (Å²) in [6.45, 7) is 0.642. The maximum Gasteiger partial charge on any atom is 0.268 e. The van der Waals surface area contributed by atoms with E-state index in [0.717, 1.165) is 30.0 Å². The Kier molecular flexibility index (Phi) is 6.70. The Morgan fingerprint density at radius 3 is 2.91 bits per heavy atom. The summed E-state index contributed by atoms with van der Waals surface area (Å²) in [5, 5.41) is 11.5. The van der Waals surface area contributed by atoms with Gasteiger partial charge in [-0.25, -0.2) is 8.78 Å². The number of hydrogen-bond acceptors (Lipinski definition) is 5. The minimum Gasteiger partial charge on any atom is -0.343 e. The first-order valence-electron chi connectivity index (χ1n) is 11.0. The van der Waals surface area contributed by atoms with Gasteiger partial charge in [-0.2, -0.15) is 5.26 Å². The topological polar surface area (TPSA) is 89.3 Å². The Hall–Kier alpha value is -3.64. The van der Waals surface area contributed by atoms with Crippen LogP contribution in [0.3, 0.4) is 0 Å². The van der Waals surface area contributed by atoms with Gasteiger partial charge in [0, 0.05) is 43.0 Å². The summed E-state index contributed by atoms with van der Waals surface area (Å²) in [6.07, 6.45) is 7.00. The first-order valence-corrected chi connectivity index (χ1v) is 11.0. The summed E-state index contributed by atoms with van der Waals surface area (Å²) in [6, 6.07) is 8.35. The van der Waals surface area contributed by atoms with Gasteiger partial charge in [0.05, 0.1) is 19.2 Å². The fourth-order valence-electron chi connectivity index (χ4n) is 4.30. The van der Waals surface area contributed by atoms with Crippen LogP contribution in [0.25, 0.3) is 12.2 Å². The molecule has 1 aromatic carbocycles. The van der Waals surface area contributed by atoms with E-state index in [1.54, 1.807) is 18.3 Å². The van der Waals surface area contributed by atoms with Crippen molar-refractivity contribution < 1.29 is 18.4 Å². The molecule has 4 rings (SSSR count). The Labute approximate surface area is 196 Å². The lowest BCUT2D eigenvalue weighted by atomic mass is 9.97. The number of aromatic nitrogens is 1. The Bertz CT molecular complexity index is 1170. The van der Waals surface area contributed by atoms with Crippen LogP contribution in [-0.4, -0.2) is 65.2 Å². The molecule has 7 nitrogen and oxygen atoms in total. The second-order valence-corrected chi connectivity index (χ2v) is 8.72. The lowest BCUT2D eigenvalue weighted by Crippen LogP contribution is -2.43. The highest BCUT2D eigenvalue weighted by Gasteiger charge is 2.47. The standard InChI is InChI=1S/C25H25F2N5O2/c1-31-9-7-18-10-17(3-5-20(18)15-31)2-4-19-13-29-8-6-22(19)24(34)30-14-23(33)32-16-25(26,27)11-21(32)12-28/h2-6,8,10,13,21H,7,9,11,14-16H2,1H3,(H,30,34). The molecule has 0 saturated carbocycles. The van der Waals surface area contributed by atoms with E-state index in [4.69, 9.17) is 5.26 Å². The summed E-state index contributed by atoms with van der Waals surface area (Å²) in [5.74, 6) is -4.35. The molecular weight excluding hydrogens is 440 g/mol. The average Bonchev–Trinajstić information content (AvgIpc) is 3.15. The van der Waals surface area contributed by atoms with E-state index in [1.165, 1.54) is 23.4 Å². The first kappa shape index (κ1) is 23.5. The molecule has 34 heavy (non-hydrogen) atoms. The summed E-state index contributed by atoms with van der Waals surface area (Å²) in [7, 11) is 2.10. The average molecular weight is 466 g/mol. The normalized spacial score (nSPS) is 19.6. The lowest BCUT2D eigenvalue weighted by molar-refractivity contribution is -0.131. The van der Waals surface area contributed by atoms with Gasteiger partial charge in [-0.05, 0) is 36.2 Å². The van der Waals surface area contributed by atoms with Crippen LogP contribution in [0.15, 0.2) is 36.7 Å². The quantitative estimate of drug-likeness (QED) is 0.734. The lowest BCUT2D eigenvalue weighted by Gasteiger charge is -2.25. The number of nitrogens with one attached hydrogen (secondary N) is 1. The Morgan fingerprint density at radius 2 is 2.12 bits per heavy atom. The van der Waals surface area contributed by atoms with E-state index in [9.17, 15) is 18.4 Å². The van der Waals surface area contributed by atoms with Crippen molar-refractivity contribution in [3.05, 3.63) is 64.5 Å². The number of nitrogens with zero attached hydrogens (tertiary/aromatic N) is 4. The smallest absolute Gasteiger partial charge is 0.268 e. The van der Waals surface area contributed by atoms with Crippen LogP contribution in [0.4, 0.5) is 8.78 Å². The summed E-state index contributed by atoms with van der Waals surface area (Å²) >= 11 is 0. The van der Waals surface area contributed by atoms with Gasteiger partial charge in [0.25, 0.3) is 11.8 Å². The minimum absolute atomic E-state index is 0.308. The van der Waals surface area contributed by atoms with Gasteiger partial charge in [-0.15, -0.1) is 0 Å². The van der Waals surface area contributed by atoms with E-state index >= 15 is 0 Å². The van der Waals surface area contributed by atoms with Crippen LogP contribution in [0.5, 0.6) is 0 Å². The van der Waals surface area contributed by atoms with Crippen LogP contribution in [0, 0.1) is 11.3 Å². The van der Waals surface area contributed by atoms with Gasteiger partial charge < -0.3 is 15.1 Å². The maximum absolute atomic E-state index is 13.6. The largest absolute Gasteiger partial charge is 0.343 e. The summed E-state index contributed by atoms with van der Waals surface area (Å²) in [5.41, 5.74) is 4.50. The molecule has 0 radical (unpaired) electrons. The summed E-state index contributed by atoms with van der Waals surface area (Å²) < 4.78 is 27.2. The highest BCUT2D eigenvalue weighted by atomic mass is 19.3. The number of nitriles is 1. The minimum atomic E-state index is -3.10. The van der Waals surface area contributed by atoms with Gasteiger partial charge >= 0.3 is 0 Å². The fourth-order valence-corrected chi connectivity index (χ4v) is 4.30. The number of alkyl halides is 2. The van der Waals surface area contributed by atoms with Crippen molar-refractivity contribution in [3.63, 3.8) is 0 Å². The van der Waals surface area contributed by atoms with Gasteiger partial charge in [-0.3, -0.25) is 14.6 Å². The molecule has 176 valence electrons. The molecule has 1 unspecified atom stereocenters. The van der Waals surface area contributed by atoms with Crippen LogP contribution < -0.4 is 5.32 Å². The second kappa shape index (κ2) is 9.69. The van der Waals surface area contributed by atoms with Crippen LogP contribution in [0.1, 0.15) is 39.0 Å². The van der Waals surface area contributed by atoms with Gasteiger partial charge in [0.1, 0.15) is 6.04 Å². The maximum atomic E-state index is 13.6. The van der Waals surface area contributed by atoms with Crippen molar-refractivity contribution in [1.29, 1.82) is 5.26 Å². The number of carbonyl (C=O) groups excluding carboxylic acids is 2. The number of likely N-dealkylation sites (N-methyl/N-ethyl adjacent to an activating group) is 1. The number of halogens is 2. The molecule has 0 bridgehead atoms. The zero-order valence-corrected chi connectivity index (χ0v) is 18.8. The molecular formula is C25H25F2N5O2. The third kappa shape index (κ3) is 5.29. The molecule has 0 aliphatic carbocycles. The number of fused-ring (bicyclic) bond motifs is 1. The zero-order valence-electron chi connectivity index (χ0n) is 18.8. The van der Waals surface area contributed by atoms with Gasteiger partial charge in [0.2, 0.25) is 5.91 Å². The second-order valence-electron chi connectivity index (χ2n) is 8.72. The molecule has 1 fully saturated rings. The molecule has 0 spiro atoms. The van der Waals surface area contributed by atoms with Gasteiger partial charge in [-0.1, -0.05) is 30.4 Å².